The first-order valence-corrected chi connectivity index (χ1v) is 9.76. The van der Waals surface area contributed by atoms with Gasteiger partial charge in [0.15, 0.2) is 0 Å². The van der Waals surface area contributed by atoms with E-state index >= 15 is 0 Å². The van der Waals surface area contributed by atoms with Gasteiger partial charge in [-0.3, -0.25) is 14.5 Å². The summed E-state index contributed by atoms with van der Waals surface area (Å²) in [6.45, 7) is 2.41. The Labute approximate surface area is 175 Å². The second kappa shape index (κ2) is 9.26. The molecule has 0 radical (unpaired) electrons. The van der Waals surface area contributed by atoms with Gasteiger partial charge in [0.25, 0.3) is 5.91 Å². The topological polar surface area (TPSA) is 87.2 Å². The van der Waals surface area contributed by atoms with E-state index in [1.807, 2.05) is 25.1 Å². The number of methoxy groups -OCH3 is 1. The van der Waals surface area contributed by atoms with Gasteiger partial charge in [-0.1, -0.05) is 31.5 Å². The van der Waals surface area contributed by atoms with Gasteiger partial charge in [-0.25, -0.2) is 4.79 Å². The number of unbranched alkanes of at least 4 members (excludes halogenated alkanes) is 1. The minimum absolute atomic E-state index is 0.0602. The van der Waals surface area contributed by atoms with Crippen molar-refractivity contribution < 1.29 is 24.2 Å². The number of para-hydroxylation sites is 1. The van der Waals surface area contributed by atoms with Crippen molar-refractivity contribution in [2.24, 2.45) is 0 Å². The van der Waals surface area contributed by atoms with Crippen molar-refractivity contribution in [1.29, 1.82) is 0 Å². The number of carbonyl (C=O) groups excluding carboxylic acids is 2. The van der Waals surface area contributed by atoms with Crippen LogP contribution in [0.3, 0.4) is 0 Å². The van der Waals surface area contributed by atoms with E-state index in [0.29, 0.717) is 23.7 Å². The molecule has 0 fully saturated rings. The van der Waals surface area contributed by atoms with E-state index in [2.05, 4.69) is 0 Å². The summed E-state index contributed by atoms with van der Waals surface area (Å²) in [4.78, 5) is 40.1. The number of amides is 2. The molecule has 1 aliphatic heterocycles. The van der Waals surface area contributed by atoms with Gasteiger partial charge in [-0.05, 0) is 36.8 Å². The summed E-state index contributed by atoms with van der Waals surface area (Å²) in [5.74, 6) is -1.08. The molecule has 7 heteroatoms. The molecule has 7 nitrogen and oxygen atoms in total. The van der Waals surface area contributed by atoms with Crippen LogP contribution in [0.25, 0.3) is 6.08 Å². The van der Waals surface area contributed by atoms with Crippen molar-refractivity contribution in [2.75, 3.05) is 30.0 Å². The van der Waals surface area contributed by atoms with Crippen molar-refractivity contribution >= 4 is 35.2 Å². The fourth-order valence-corrected chi connectivity index (χ4v) is 3.35. The molecule has 156 valence electrons. The van der Waals surface area contributed by atoms with Crippen molar-refractivity contribution in [3.63, 3.8) is 0 Å². The zero-order valence-electron chi connectivity index (χ0n) is 17.0. The third-order valence-electron chi connectivity index (χ3n) is 4.94. The van der Waals surface area contributed by atoms with Crippen molar-refractivity contribution in [3.05, 3.63) is 59.7 Å². The third-order valence-corrected chi connectivity index (χ3v) is 4.94. The van der Waals surface area contributed by atoms with Gasteiger partial charge in [-0.15, -0.1) is 0 Å². The average Bonchev–Trinajstić information content (AvgIpc) is 2.76. The van der Waals surface area contributed by atoms with Gasteiger partial charge in [0.2, 0.25) is 5.91 Å². The Kier molecular flexibility index (Phi) is 6.51. The first kappa shape index (κ1) is 21.1. The molecule has 0 bridgehead atoms. The molecule has 0 unspecified atom stereocenters. The second-order valence-corrected chi connectivity index (χ2v) is 6.91. The maximum Gasteiger partial charge on any atom is 0.335 e. The van der Waals surface area contributed by atoms with Crippen molar-refractivity contribution in [2.45, 2.75) is 19.8 Å². The Morgan fingerprint density at radius 1 is 1.17 bits per heavy atom. The molecule has 0 saturated heterocycles. The lowest BCUT2D eigenvalue weighted by Gasteiger charge is -2.36. The lowest BCUT2D eigenvalue weighted by Crippen LogP contribution is -2.48. The maximum atomic E-state index is 13.0. The van der Waals surface area contributed by atoms with E-state index in [1.165, 1.54) is 23.1 Å². The van der Waals surface area contributed by atoms with Crippen molar-refractivity contribution in [3.8, 4) is 5.75 Å². The van der Waals surface area contributed by atoms with Gasteiger partial charge in [0.1, 0.15) is 12.3 Å². The quantitative estimate of drug-likeness (QED) is 0.708. The minimum atomic E-state index is -1.09. The van der Waals surface area contributed by atoms with Gasteiger partial charge in [0.05, 0.1) is 24.0 Å². The lowest BCUT2D eigenvalue weighted by molar-refractivity contribution is -0.120. The fourth-order valence-electron chi connectivity index (χ4n) is 3.35. The van der Waals surface area contributed by atoms with E-state index in [1.54, 1.807) is 30.2 Å². The number of nitrogens with zero attached hydrogens (tertiary/aromatic N) is 2. The van der Waals surface area contributed by atoms with Crippen LogP contribution in [0, 0.1) is 0 Å². The first-order valence-electron chi connectivity index (χ1n) is 9.76. The zero-order valence-corrected chi connectivity index (χ0v) is 17.0. The number of carboxylic acid groups (broad SMARTS) is 1. The summed E-state index contributed by atoms with van der Waals surface area (Å²) < 4.78 is 5.29. The second-order valence-electron chi connectivity index (χ2n) is 6.91. The summed E-state index contributed by atoms with van der Waals surface area (Å²) in [6, 6.07) is 11.7. The van der Waals surface area contributed by atoms with Crippen LogP contribution in [-0.4, -0.2) is 43.1 Å². The molecular formula is C23H24N2O5. The highest BCUT2D eigenvalue weighted by molar-refractivity contribution is 6.15. The van der Waals surface area contributed by atoms with Crippen LogP contribution in [-0.2, 0) is 9.59 Å². The van der Waals surface area contributed by atoms with Crippen LogP contribution < -0.4 is 14.5 Å². The Morgan fingerprint density at radius 3 is 2.63 bits per heavy atom. The largest absolute Gasteiger partial charge is 0.496 e. The molecule has 1 heterocycles. The Morgan fingerprint density at radius 2 is 1.93 bits per heavy atom. The van der Waals surface area contributed by atoms with E-state index in [-0.39, 0.29) is 18.0 Å². The Balaban J connectivity index is 1.97. The zero-order chi connectivity index (χ0) is 21.7. The lowest BCUT2D eigenvalue weighted by atomic mass is 10.1. The van der Waals surface area contributed by atoms with Crippen LogP contribution in [0.2, 0.25) is 0 Å². The van der Waals surface area contributed by atoms with Crippen LogP contribution in [0.1, 0.15) is 35.7 Å². The molecule has 0 saturated carbocycles. The highest BCUT2D eigenvalue weighted by Crippen LogP contribution is 2.35. The van der Waals surface area contributed by atoms with E-state index < -0.39 is 11.9 Å². The van der Waals surface area contributed by atoms with Crippen LogP contribution in [0.15, 0.2) is 48.5 Å². The standard InChI is InChI=1S/C23H24N2O5/c1-3-4-13-24-18-11-9-17(23(28)29)14-19(18)25(15-22(24)27)21(26)12-10-16-7-5-6-8-20(16)30-2/h5-12,14H,3-4,13,15H2,1-2H3,(H,28,29)/b12-10+. The molecule has 0 spiro atoms. The third kappa shape index (κ3) is 4.35. The fraction of sp³-hybridized carbons (Fsp3) is 0.261. The monoisotopic (exact) mass is 408 g/mol. The van der Waals surface area contributed by atoms with E-state index in [0.717, 1.165) is 18.4 Å². The van der Waals surface area contributed by atoms with Crippen LogP contribution in [0.5, 0.6) is 5.75 Å². The van der Waals surface area contributed by atoms with Crippen LogP contribution in [0.4, 0.5) is 11.4 Å². The molecule has 2 amide bonds. The molecular weight excluding hydrogens is 384 g/mol. The summed E-state index contributed by atoms with van der Waals surface area (Å²) >= 11 is 0. The number of fused-ring (bicyclic) bond motifs is 1. The maximum absolute atomic E-state index is 13.0. The normalized spacial score (nSPS) is 13.5. The molecule has 0 atom stereocenters. The Bertz CT molecular complexity index is 999. The molecule has 1 aliphatic rings. The number of hydrogen-bond donors (Lipinski definition) is 1. The predicted molar refractivity (Wildman–Crippen MR) is 115 cm³/mol. The molecule has 0 aromatic heterocycles. The molecule has 30 heavy (non-hydrogen) atoms. The number of ether oxygens (including phenoxy) is 1. The summed E-state index contributed by atoms with van der Waals surface area (Å²) in [5.41, 5.74) is 1.75. The molecule has 2 aromatic carbocycles. The number of aromatic carboxylic acids is 1. The number of benzene rings is 2. The number of carboxylic acids is 1. The minimum Gasteiger partial charge on any atom is -0.496 e. The van der Waals surface area contributed by atoms with Crippen LogP contribution >= 0.6 is 0 Å². The summed E-state index contributed by atoms with van der Waals surface area (Å²) in [5, 5.41) is 9.37. The van der Waals surface area contributed by atoms with E-state index in [9.17, 15) is 19.5 Å². The number of carbonyl (C=O) groups is 3. The van der Waals surface area contributed by atoms with Gasteiger partial charge in [-0.2, -0.15) is 0 Å². The molecule has 0 aliphatic carbocycles. The number of hydrogen-bond acceptors (Lipinski definition) is 4. The summed E-state index contributed by atoms with van der Waals surface area (Å²) in [7, 11) is 1.55. The number of rotatable bonds is 7. The molecule has 2 aromatic rings. The molecule has 1 N–H and O–H groups in total. The SMILES string of the molecule is CCCCN1C(=O)CN(C(=O)/C=C/c2ccccc2OC)c2cc(C(=O)O)ccc21. The van der Waals surface area contributed by atoms with Gasteiger partial charge in [0, 0.05) is 18.2 Å². The van der Waals surface area contributed by atoms with E-state index in [4.69, 9.17) is 4.74 Å². The number of anilines is 2. The highest BCUT2D eigenvalue weighted by atomic mass is 16.5. The van der Waals surface area contributed by atoms with Gasteiger partial charge >= 0.3 is 5.97 Å². The Hall–Kier alpha value is -3.61. The molecule has 3 rings (SSSR count). The average molecular weight is 408 g/mol. The van der Waals surface area contributed by atoms with Crippen molar-refractivity contribution in [1.82, 2.24) is 0 Å². The van der Waals surface area contributed by atoms with Gasteiger partial charge < -0.3 is 14.7 Å². The summed E-state index contributed by atoms with van der Waals surface area (Å²) in [6.07, 6.45) is 4.71. The smallest absolute Gasteiger partial charge is 0.335 e. The highest BCUT2D eigenvalue weighted by Gasteiger charge is 2.32. The predicted octanol–water partition coefficient (Wildman–Crippen LogP) is 3.59. The first-order chi connectivity index (χ1) is 14.5.